The summed E-state index contributed by atoms with van der Waals surface area (Å²) in [7, 11) is 1.28. The van der Waals surface area contributed by atoms with Gasteiger partial charge in [-0.3, -0.25) is 9.59 Å². The predicted molar refractivity (Wildman–Crippen MR) is 125 cm³/mol. The van der Waals surface area contributed by atoms with E-state index in [9.17, 15) is 19.2 Å². The summed E-state index contributed by atoms with van der Waals surface area (Å²) in [6, 6.07) is 13.9. The van der Waals surface area contributed by atoms with Crippen molar-refractivity contribution in [3.05, 3.63) is 71.3 Å². The molecular formula is C26H30N2O6. The van der Waals surface area contributed by atoms with E-state index in [1.54, 1.807) is 0 Å². The molecule has 2 amide bonds. The number of carbonyl (C=O) groups is 4. The highest BCUT2D eigenvalue weighted by Crippen LogP contribution is 2.22. The molecule has 2 aromatic carbocycles. The van der Waals surface area contributed by atoms with Crippen LogP contribution >= 0.6 is 0 Å². The fraction of sp³-hybridized carbons (Fsp3) is 0.385. The van der Waals surface area contributed by atoms with Crippen molar-refractivity contribution in [3.63, 3.8) is 0 Å². The zero-order valence-electron chi connectivity index (χ0n) is 19.7. The van der Waals surface area contributed by atoms with Gasteiger partial charge in [0.25, 0.3) is 5.91 Å². The quantitative estimate of drug-likeness (QED) is 0.600. The fourth-order valence-electron chi connectivity index (χ4n) is 3.89. The molecule has 1 saturated heterocycles. The lowest BCUT2D eigenvalue weighted by molar-refractivity contribution is -0.155. The third-order valence-electron chi connectivity index (χ3n) is 5.82. The van der Waals surface area contributed by atoms with Crippen molar-refractivity contribution in [2.45, 2.75) is 45.4 Å². The average Bonchev–Trinajstić information content (AvgIpc) is 3.35. The van der Waals surface area contributed by atoms with E-state index in [0.29, 0.717) is 30.5 Å². The topological polar surface area (TPSA) is 102 Å². The van der Waals surface area contributed by atoms with Gasteiger partial charge in [-0.15, -0.1) is 0 Å². The van der Waals surface area contributed by atoms with Crippen molar-refractivity contribution in [2.24, 2.45) is 5.92 Å². The average molecular weight is 467 g/mol. The Balaban J connectivity index is 1.66. The number of esters is 2. The standard InChI is InChI=1S/C26H30N2O6/c1-17(2)22(27-23(29)19-11-13-20(14-12-19)25(31)33-3)24(30)28-15-7-10-21(28)26(32)34-16-18-8-5-4-6-9-18/h4-6,8-9,11-14,17,21-22H,7,10,15-16H2,1-3H3,(H,27,29)/t21-,22-/m0/s1. The van der Waals surface area contributed by atoms with E-state index in [1.807, 2.05) is 44.2 Å². The van der Waals surface area contributed by atoms with Crippen LogP contribution in [0.1, 0.15) is 53.0 Å². The van der Waals surface area contributed by atoms with E-state index in [4.69, 9.17) is 4.74 Å². The summed E-state index contributed by atoms with van der Waals surface area (Å²) in [5, 5.41) is 2.79. The molecule has 0 bridgehead atoms. The molecule has 0 aromatic heterocycles. The van der Waals surface area contributed by atoms with Gasteiger partial charge in [-0.25, -0.2) is 9.59 Å². The number of amides is 2. The van der Waals surface area contributed by atoms with Crippen LogP contribution in [-0.2, 0) is 25.7 Å². The van der Waals surface area contributed by atoms with Crippen molar-refractivity contribution >= 4 is 23.8 Å². The zero-order chi connectivity index (χ0) is 24.7. The molecule has 0 radical (unpaired) electrons. The Morgan fingerprint density at radius 3 is 2.26 bits per heavy atom. The lowest BCUT2D eigenvalue weighted by Gasteiger charge is -2.30. The van der Waals surface area contributed by atoms with Crippen LogP contribution in [0.3, 0.4) is 0 Å². The van der Waals surface area contributed by atoms with Crippen LogP contribution in [0.15, 0.2) is 54.6 Å². The molecule has 0 saturated carbocycles. The molecule has 34 heavy (non-hydrogen) atoms. The third-order valence-corrected chi connectivity index (χ3v) is 5.82. The number of ether oxygens (including phenoxy) is 2. The molecule has 1 aliphatic rings. The van der Waals surface area contributed by atoms with Crippen LogP contribution in [0.2, 0.25) is 0 Å². The molecule has 0 aliphatic carbocycles. The van der Waals surface area contributed by atoms with Crippen LogP contribution in [0, 0.1) is 5.92 Å². The first kappa shape index (κ1) is 25.0. The number of carbonyl (C=O) groups excluding carboxylic acids is 4. The molecule has 1 N–H and O–H groups in total. The molecule has 8 heteroatoms. The third kappa shape index (κ3) is 6.01. The van der Waals surface area contributed by atoms with E-state index >= 15 is 0 Å². The molecule has 3 rings (SSSR count). The summed E-state index contributed by atoms with van der Waals surface area (Å²) in [4.78, 5) is 52.0. The minimum absolute atomic E-state index is 0.143. The Kier molecular flexibility index (Phi) is 8.40. The Hall–Kier alpha value is -3.68. The minimum Gasteiger partial charge on any atom is -0.465 e. The lowest BCUT2D eigenvalue weighted by Crippen LogP contribution is -2.54. The Labute approximate surface area is 199 Å². The highest BCUT2D eigenvalue weighted by molar-refractivity contribution is 5.99. The molecule has 2 atom stereocenters. The molecule has 8 nitrogen and oxygen atoms in total. The lowest BCUT2D eigenvalue weighted by atomic mass is 10.0. The highest BCUT2D eigenvalue weighted by atomic mass is 16.5. The number of nitrogens with one attached hydrogen (secondary N) is 1. The molecule has 0 unspecified atom stereocenters. The van der Waals surface area contributed by atoms with E-state index in [2.05, 4.69) is 10.1 Å². The monoisotopic (exact) mass is 466 g/mol. The van der Waals surface area contributed by atoms with Gasteiger partial charge in [-0.2, -0.15) is 0 Å². The summed E-state index contributed by atoms with van der Waals surface area (Å²) in [6.45, 7) is 4.24. The number of hydrogen-bond acceptors (Lipinski definition) is 6. The summed E-state index contributed by atoms with van der Waals surface area (Å²) in [5.74, 6) is -1.89. The Morgan fingerprint density at radius 1 is 1.00 bits per heavy atom. The molecule has 0 spiro atoms. The second-order valence-corrected chi connectivity index (χ2v) is 8.55. The molecule has 1 fully saturated rings. The van der Waals surface area contributed by atoms with Gasteiger partial charge in [-0.1, -0.05) is 44.2 Å². The number of rotatable bonds is 8. The van der Waals surface area contributed by atoms with Crippen LogP contribution < -0.4 is 5.32 Å². The van der Waals surface area contributed by atoms with E-state index in [-0.39, 0.29) is 18.4 Å². The van der Waals surface area contributed by atoms with Crippen molar-refractivity contribution in [3.8, 4) is 0 Å². The predicted octanol–water partition coefficient (Wildman–Crippen LogP) is 2.96. The van der Waals surface area contributed by atoms with Crippen molar-refractivity contribution in [1.82, 2.24) is 10.2 Å². The van der Waals surface area contributed by atoms with E-state index in [1.165, 1.54) is 36.3 Å². The Bertz CT molecular complexity index is 1020. The maximum absolute atomic E-state index is 13.4. The van der Waals surface area contributed by atoms with Crippen molar-refractivity contribution < 1.29 is 28.7 Å². The van der Waals surface area contributed by atoms with Crippen LogP contribution in [0.5, 0.6) is 0 Å². The molecule has 180 valence electrons. The second-order valence-electron chi connectivity index (χ2n) is 8.55. The molecular weight excluding hydrogens is 436 g/mol. The van der Waals surface area contributed by atoms with Gasteiger partial charge in [0.15, 0.2) is 0 Å². The van der Waals surface area contributed by atoms with Gasteiger partial charge in [0.05, 0.1) is 12.7 Å². The minimum atomic E-state index is -0.810. The first-order valence-electron chi connectivity index (χ1n) is 11.3. The first-order chi connectivity index (χ1) is 16.3. The van der Waals surface area contributed by atoms with Gasteiger partial charge in [0, 0.05) is 12.1 Å². The molecule has 1 heterocycles. The van der Waals surface area contributed by atoms with E-state index < -0.39 is 29.9 Å². The number of likely N-dealkylation sites (tertiary alicyclic amines) is 1. The normalized spacial score (nSPS) is 16.1. The fourth-order valence-corrected chi connectivity index (χ4v) is 3.89. The van der Waals surface area contributed by atoms with Crippen molar-refractivity contribution in [2.75, 3.05) is 13.7 Å². The SMILES string of the molecule is COC(=O)c1ccc(C(=O)N[C@H](C(=O)N2CCC[C@H]2C(=O)OCc2ccccc2)C(C)C)cc1. The second kappa shape index (κ2) is 11.4. The van der Waals surface area contributed by atoms with Crippen LogP contribution in [-0.4, -0.2) is 54.4 Å². The highest BCUT2D eigenvalue weighted by Gasteiger charge is 2.39. The summed E-state index contributed by atoms with van der Waals surface area (Å²) in [6.07, 6.45) is 1.21. The number of nitrogens with zero attached hydrogens (tertiary/aromatic N) is 1. The molecule has 1 aliphatic heterocycles. The van der Waals surface area contributed by atoms with Gasteiger partial charge in [0.1, 0.15) is 18.7 Å². The number of benzene rings is 2. The largest absolute Gasteiger partial charge is 0.465 e. The first-order valence-corrected chi connectivity index (χ1v) is 11.3. The van der Waals surface area contributed by atoms with Gasteiger partial charge < -0.3 is 19.7 Å². The van der Waals surface area contributed by atoms with Gasteiger partial charge >= 0.3 is 11.9 Å². The van der Waals surface area contributed by atoms with Crippen LogP contribution in [0.25, 0.3) is 0 Å². The maximum Gasteiger partial charge on any atom is 0.337 e. The summed E-state index contributed by atoms with van der Waals surface area (Å²) in [5.41, 5.74) is 1.51. The smallest absolute Gasteiger partial charge is 0.337 e. The zero-order valence-corrected chi connectivity index (χ0v) is 19.7. The van der Waals surface area contributed by atoms with Gasteiger partial charge in [0.2, 0.25) is 5.91 Å². The number of methoxy groups -OCH3 is 1. The van der Waals surface area contributed by atoms with Crippen molar-refractivity contribution in [1.29, 1.82) is 0 Å². The number of hydrogen-bond donors (Lipinski definition) is 1. The molecule has 2 aromatic rings. The van der Waals surface area contributed by atoms with Crippen LogP contribution in [0.4, 0.5) is 0 Å². The maximum atomic E-state index is 13.4. The van der Waals surface area contributed by atoms with E-state index in [0.717, 1.165) is 5.56 Å². The summed E-state index contributed by atoms with van der Waals surface area (Å²) >= 11 is 0. The van der Waals surface area contributed by atoms with Gasteiger partial charge in [-0.05, 0) is 48.6 Å². The Morgan fingerprint density at radius 2 is 1.65 bits per heavy atom. The summed E-state index contributed by atoms with van der Waals surface area (Å²) < 4.78 is 10.1.